The Morgan fingerprint density at radius 1 is 1.42 bits per heavy atom. The van der Waals surface area contributed by atoms with Gasteiger partial charge in [-0.1, -0.05) is 12.1 Å². The maximum absolute atomic E-state index is 8.81. The van der Waals surface area contributed by atoms with Crippen LogP contribution in [0.1, 0.15) is 30.4 Å². The number of nitriles is 1. The Hall–Kier alpha value is -1.41. The summed E-state index contributed by atoms with van der Waals surface area (Å²) in [5, 5.41) is 12.1. The van der Waals surface area contributed by atoms with Crippen molar-refractivity contribution in [2.75, 3.05) is 19.8 Å². The molecule has 2 rings (SSSR count). The molecule has 102 valence electrons. The normalized spacial score (nSPS) is 19.0. The lowest BCUT2D eigenvalue weighted by Gasteiger charge is -2.22. The summed E-state index contributed by atoms with van der Waals surface area (Å²) in [5.74, 6) is 0. The van der Waals surface area contributed by atoms with Crippen LogP contribution in [0.4, 0.5) is 0 Å². The van der Waals surface area contributed by atoms with Crippen LogP contribution in [0, 0.1) is 11.3 Å². The topological polar surface area (TPSA) is 54.3 Å². The molecule has 1 saturated heterocycles. The van der Waals surface area contributed by atoms with E-state index < -0.39 is 0 Å². The van der Waals surface area contributed by atoms with Gasteiger partial charge in [-0.25, -0.2) is 0 Å². The summed E-state index contributed by atoms with van der Waals surface area (Å²) in [4.78, 5) is 0. The monoisotopic (exact) mass is 260 g/mol. The van der Waals surface area contributed by atoms with Crippen molar-refractivity contribution in [2.45, 2.75) is 32.1 Å². The molecule has 0 spiro atoms. The van der Waals surface area contributed by atoms with Crippen LogP contribution in [0.3, 0.4) is 0 Å². The van der Waals surface area contributed by atoms with Crippen LogP contribution < -0.4 is 5.32 Å². The fourth-order valence-electron chi connectivity index (χ4n) is 2.09. The highest BCUT2D eigenvalue weighted by molar-refractivity contribution is 5.32. The molecule has 1 aliphatic heterocycles. The van der Waals surface area contributed by atoms with Crippen molar-refractivity contribution >= 4 is 0 Å². The average Bonchev–Trinajstić information content (AvgIpc) is 2.48. The van der Waals surface area contributed by atoms with Gasteiger partial charge >= 0.3 is 0 Å². The van der Waals surface area contributed by atoms with Crippen molar-refractivity contribution in [3.63, 3.8) is 0 Å². The summed E-state index contributed by atoms with van der Waals surface area (Å²) in [7, 11) is 0. The van der Waals surface area contributed by atoms with Crippen LogP contribution in [-0.4, -0.2) is 26.0 Å². The Bertz CT molecular complexity index is 422. The average molecular weight is 260 g/mol. The van der Waals surface area contributed by atoms with Gasteiger partial charge in [0.25, 0.3) is 0 Å². The van der Waals surface area contributed by atoms with E-state index >= 15 is 0 Å². The minimum atomic E-state index is -0.0162. The van der Waals surface area contributed by atoms with Gasteiger partial charge in [0.05, 0.1) is 18.2 Å². The smallest absolute Gasteiger partial charge is 0.157 e. The number of benzene rings is 1. The number of hydrogen-bond acceptors (Lipinski definition) is 4. The molecule has 1 aromatic rings. The Kier molecular flexibility index (Phi) is 5.83. The Labute approximate surface area is 114 Å². The third kappa shape index (κ3) is 4.99. The first-order valence-corrected chi connectivity index (χ1v) is 6.81. The van der Waals surface area contributed by atoms with Gasteiger partial charge in [0, 0.05) is 19.7 Å². The SMILES string of the molecule is N#Cc1cccc(CNCCOC2CCCCO2)c1. The number of nitrogens with one attached hydrogen (secondary N) is 1. The molecule has 1 aliphatic rings. The summed E-state index contributed by atoms with van der Waals surface area (Å²) in [6.45, 7) is 3.02. The minimum Gasteiger partial charge on any atom is -0.353 e. The van der Waals surface area contributed by atoms with Crippen LogP contribution in [-0.2, 0) is 16.0 Å². The van der Waals surface area contributed by atoms with Gasteiger partial charge < -0.3 is 14.8 Å². The molecule has 4 nitrogen and oxygen atoms in total. The van der Waals surface area contributed by atoms with Crippen molar-refractivity contribution in [1.82, 2.24) is 5.32 Å². The summed E-state index contributed by atoms with van der Waals surface area (Å²) >= 11 is 0. The second-order valence-electron chi connectivity index (χ2n) is 4.66. The van der Waals surface area contributed by atoms with Crippen LogP contribution >= 0.6 is 0 Å². The van der Waals surface area contributed by atoms with Crippen LogP contribution in [0.25, 0.3) is 0 Å². The highest BCUT2D eigenvalue weighted by Crippen LogP contribution is 2.13. The molecule has 1 aromatic carbocycles. The molecule has 0 radical (unpaired) electrons. The van der Waals surface area contributed by atoms with E-state index in [1.165, 1.54) is 6.42 Å². The molecule has 0 saturated carbocycles. The molecule has 0 bridgehead atoms. The number of hydrogen-bond donors (Lipinski definition) is 1. The molecule has 19 heavy (non-hydrogen) atoms. The molecule has 4 heteroatoms. The van der Waals surface area contributed by atoms with Gasteiger partial charge in [-0.3, -0.25) is 0 Å². The highest BCUT2D eigenvalue weighted by atomic mass is 16.7. The summed E-state index contributed by atoms with van der Waals surface area (Å²) < 4.78 is 11.1. The zero-order valence-electron chi connectivity index (χ0n) is 11.1. The van der Waals surface area contributed by atoms with Gasteiger partial charge in [0.2, 0.25) is 0 Å². The number of ether oxygens (including phenoxy) is 2. The predicted molar refractivity (Wildman–Crippen MR) is 72.4 cm³/mol. The van der Waals surface area contributed by atoms with Crippen LogP contribution in [0.5, 0.6) is 0 Å². The zero-order valence-corrected chi connectivity index (χ0v) is 11.1. The number of rotatable bonds is 6. The van der Waals surface area contributed by atoms with Crippen LogP contribution in [0.15, 0.2) is 24.3 Å². The van der Waals surface area contributed by atoms with Gasteiger partial charge in [-0.05, 0) is 37.0 Å². The molecular formula is C15H20N2O2. The quantitative estimate of drug-likeness (QED) is 0.797. The lowest BCUT2D eigenvalue weighted by molar-refractivity contribution is -0.161. The number of nitrogens with zero attached hydrogens (tertiary/aromatic N) is 1. The van der Waals surface area contributed by atoms with Crippen molar-refractivity contribution in [3.8, 4) is 6.07 Å². The van der Waals surface area contributed by atoms with Crippen molar-refractivity contribution < 1.29 is 9.47 Å². The molecule has 0 aromatic heterocycles. The minimum absolute atomic E-state index is 0.0162. The third-order valence-electron chi connectivity index (χ3n) is 3.11. The zero-order chi connectivity index (χ0) is 13.3. The molecular weight excluding hydrogens is 240 g/mol. The molecule has 1 heterocycles. The lowest BCUT2D eigenvalue weighted by Crippen LogP contribution is -2.27. The molecule has 0 aliphatic carbocycles. The van der Waals surface area contributed by atoms with E-state index in [2.05, 4.69) is 11.4 Å². The van der Waals surface area contributed by atoms with Crippen molar-refractivity contribution in [1.29, 1.82) is 5.26 Å². The second-order valence-corrected chi connectivity index (χ2v) is 4.66. The molecule has 1 atom stereocenters. The van der Waals surface area contributed by atoms with Crippen LogP contribution in [0.2, 0.25) is 0 Å². The van der Waals surface area contributed by atoms with Crippen molar-refractivity contribution in [3.05, 3.63) is 35.4 Å². The fraction of sp³-hybridized carbons (Fsp3) is 0.533. The van der Waals surface area contributed by atoms with E-state index in [0.717, 1.165) is 38.1 Å². The molecule has 1 unspecified atom stereocenters. The largest absolute Gasteiger partial charge is 0.353 e. The van der Waals surface area contributed by atoms with Crippen molar-refractivity contribution in [2.24, 2.45) is 0 Å². The molecule has 0 amide bonds. The molecule has 1 N–H and O–H groups in total. The Morgan fingerprint density at radius 2 is 2.37 bits per heavy atom. The van der Waals surface area contributed by atoms with Gasteiger partial charge in [0.15, 0.2) is 6.29 Å². The standard InChI is InChI=1S/C15H20N2O2/c16-11-13-4-3-5-14(10-13)12-17-7-9-19-15-6-1-2-8-18-15/h3-5,10,15,17H,1-2,6-9,12H2. The van der Waals surface area contributed by atoms with E-state index in [0.29, 0.717) is 12.2 Å². The van der Waals surface area contributed by atoms with E-state index in [-0.39, 0.29) is 6.29 Å². The summed E-state index contributed by atoms with van der Waals surface area (Å²) in [5.41, 5.74) is 1.82. The summed E-state index contributed by atoms with van der Waals surface area (Å²) in [6.07, 6.45) is 3.33. The Morgan fingerprint density at radius 3 is 3.16 bits per heavy atom. The maximum atomic E-state index is 8.81. The van der Waals surface area contributed by atoms with E-state index in [9.17, 15) is 0 Å². The van der Waals surface area contributed by atoms with E-state index in [1.54, 1.807) is 0 Å². The fourth-order valence-corrected chi connectivity index (χ4v) is 2.09. The lowest BCUT2D eigenvalue weighted by atomic mass is 10.1. The third-order valence-corrected chi connectivity index (χ3v) is 3.11. The van der Waals surface area contributed by atoms with Gasteiger partial charge in [-0.15, -0.1) is 0 Å². The first-order chi connectivity index (χ1) is 9.38. The van der Waals surface area contributed by atoms with Gasteiger partial charge in [0.1, 0.15) is 0 Å². The Balaban J connectivity index is 1.59. The predicted octanol–water partition coefficient (Wildman–Crippen LogP) is 2.19. The summed E-state index contributed by atoms with van der Waals surface area (Å²) in [6, 6.07) is 9.77. The molecule has 1 fully saturated rings. The maximum Gasteiger partial charge on any atom is 0.157 e. The van der Waals surface area contributed by atoms with E-state index in [4.69, 9.17) is 14.7 Å². The highest BCUT2D eigenvalue weighted by Gasteiger charge is 2.13. The van der Waals surface area contributed by atoms with E-state index in [1.807, 2.05) is 24.3 Å². The van der Waals surface area contributed by atoms with Gasteiger partial charge in [-0.2, -0.15) is 5.26 Å². The second kappa shape index (κ2) is 7.90. The first-order valence-electron chi connectivity index (χ1n) is 6.81. The first kappa shape index (κ1) is 14.0.